The van der Waals surface area contributed by atoms with E-state index in [2.05, 4.69) is 0 Å². The van der Waals surface area contributed by atoms with Crippen molar-refractivity contribution < 1.29 is 14.3 Å². The summed E-state index contributed by atoms with van der Waals surface area (Å²) in [5.41, 5.74) is 3.66. The van der Waals surface area contributed by atoms with Crippen molar-refractivity contribution in [1.29, 1.82) is 0 Å². The van der Waals surface area contributed by atoms with Crippen molar-refractivity contribution in [3.8, 4) is 5.75 Å². The fourth-order valence-corrected chi connectivity index (χ4v) is 3.30. The lowest BCUT2D eigenvalue weighted by atomic mass is 10.1. The molecular weight excluding hydrogens is 328 g/mol. The molecule has 0 unspecified atom stereocenters. The van der Waals surface area contributed by atoms with Crippen molar-refractivity contribution in [3.63, 3.8) is 0 Å². The van der Waals surface area contributed by atoms with Gasteiger partial charge in [0.1, 0.15) is 11.8 Å². The molecule has 0 radical (unpaired) electrons. The maximum atomic E-state index is 12.9. The summed E-state index contributed by atoms with van der Waals surface area (Å²) in [5, 5.41) is 0. The van der Waals surface area contributed by atoms with Gasteiger partial charge in [-0.3, -0.25) is 9.59 Å². The summed E-state index contributed by atoms with van der Waals surface area (Å²) in [6.45, 7) is 6.81. The number of aryl methyl sites for hydroxylation is 2. The summed E-state index contributed by atoms with van der Waals surface area (Å²) in [6, 6.07) is 12.6. The highest BCUT2D eigenvalue weighted by atomic mass is 16.5. The van der Waals surface area contributed by atoms with Gasteiger partial charge in [0.05, 0.1) is 7.11 Å². The number of carbonyl (C=O) groups is 2. The van der Waals surface area contributed by atoms with Crippen LogP contribution in [0, 0.1) is 13.8 Å². The molecule has 1 fully saturated rings. The van der Waals surface area contributed by atoms with Crippen LogP contribution in [0.3, 0.4) is 0 Å². The lowest BCUT2D eigenvalue weighted by Gasteiger charge is -2.39. The van der Waals surface area contributed by atoms with E-state index in [9.17, 15) is 9.59 Å². The second-order valence-electron chi connectivity index (χ2n) is 6.68. The molecule has 0 N–H and O–H groups in total. The van der Waals surface area contributed by atoms with Gasteiger partial charge >= 0.3 is 0 Å². The van der Waals surface area contributed by atoms with Crippen LogP contribution in [0.25, 0.3) is 0 Å². The monoisotopic (exact) mass is 352 g/mol. The first-order valence-electron chi connectivity index (χ1n) is 8.76. The van der Waals surface area contributed by atoms with E-state index in [1.807, 2.05) is 32.0 Å². The minimum absolute atomic E-state index is 0.0492. The van der Waals surface area contributed by atoms with Crippen LogP contribution >= 0.6 is 0 Å². The first-order chi connectivity index (χ1) is 12.4. The maximum absolute atomic E-state index is 12.9. The number of rotatable bonds is 3. The molecule has 0 aromatic heterocycles. The SMILES string of the molecule is COc1ccc(C(=O)N2CCN(c3cc(C)ccc3C)C(=O)[C@@H]2C)cc1. The Morgan fingerprint density at radius 2 is 1.77 bits per heavy atom. The van der Waals surface area contributed by atoms with E-state index >= 15 is 0 Å². The number of hydrogen-bond donors (Lipinski definition) is 0. The Bertz CT molecular complexity index is 830. The highest BCUT2D eigenvalue weighted by molar-refractivity contribution is 6.03. The Morgan fingerprint density at radius 3 is 2.42 bits per heavy atom. The zero-order chi connectivity index (χ0) is 18.8. The minimum atomic E-state index is -0.502. The minimum Gasteiger partial charge on any atom is -0.497 e. The molecule has 136 valence electrons. The van der Waals surface area contributed by atoms with Crippen LogP contribution in [0.5, 0.6) is 5.75 Å². The average Bonchev–Trinajstić information content (AvgIpc) is 2.65. The third-order valence-corrected chi connectivity index (χ3v) is 4.91. The van der Waals surface area contributed by atoms with Gasteiger partial charge in [-0.15, -0.1) is 0 Å². The van der Waals surface area contributed by atoms with Gasteiger partial charge in [-0.25, -0.2) is 0 Å². The molecule has 2 aromatic rings. The molecule has 3 rings (SSSR count). The van der Waals surface area contributed by atoms with Gasteiger partial charge in [0, 0.05) is 24.3 Å². The number of amides is 2. The number of anilines is 1. The Morgan fingerprint density at radius 1 is 1.08 bits per heavy atom. The molecule has 5 nitrogen and oxygen atoms in total. The van der Waals surface area contributed by atoms with E-state index in [-0.39, 0.29) is 11.8 Å². The number of nitrogens with zero attached hydrogens (tertiary/aromatic N) is 2. The van der Waals surface area contributed by atoms with E-state index in [0.29, 0.717) is 24.4 Å². The zero-order valence-corrected chi connectivity index (χ0v) is 15.7. The summed E-state index contributed by atoms with van der Waals surface area (Å²) in [6.07, 6.45) is 0. The lowest BCUT2D eigenvalue weighted by Crippen LogP contribution is -2.58. The largest absolute Gasteiger partial charge is 0.497 e. The van der Waals surface area contributed by atoms with E-state index in [4.69, 9.17) is 4.74 Å². The smallest absolute Gasteiger partial charge is 0.254 e. The van der Waals surface area contributed by atoms with Crippen LogP contribution in [0.4, 0.5) is 5.69 Å². The van der Waals surface area contributed by atoms with E-state index < -0.39 is 6.04 Å². The topological polar surface area (TPSA) is 49.9 Å². The number of benzene rings is 2. The van der Waals surface area contributed by atoms with Crippen molar-refractivity contribution in [3.05, 3.63) is 59.2 Å². The highest BCUT2D eigenvalue weighted by Crippen LogP contribution is 2.26. The molecule has 2 amide bonds. The van der Waals surface area contributed by atoms with Crippen LogP contribution in [0.2, 0.25) is 0 Å². The van der Waals surface area contributed by atoms with Crippen molar-refractivity contribution in [1.82, 2.24) is 4.90 Å². The van der Waals surface area contributed by atoms with Crippen molar-refractivity contribution >= 4 is 17.5 Å². The number of piperazine rings is 1. The van der Waals surface area contributed by atoms with Crippen LogP contribution < -0.4 is 9.64 Å². The molecule has 0 saturated carbocycles. The summed E-state index contributed by atoms with van der Waals surface area (Å²) < 4.78 is 5.13. The van der Waals surface area contributed by atoms with Gasteiger partial charge in [-0.1, -0.05) is 12.1 Å². The van der Waals surface area contributed by atoms with E-state index in [1.165, 1.54) is 0 Å². The quantitative estimate of drug-likeness (QED) is 0.852. The number of carbonyl (C=O) groups excluding carboxylic acids is 2. The number of ether oxygens (including phenoxy) is 1. The molecule has 1 heterocycles. The van der Waals surface area contributed by atoms with Gasteiger partial charge in [-0.2, -0.15) is 0 Å². The fraction of sp³-hybridized carbons (Fsp3) is 0.333. The molecule has 2 aromatic carbocycles. The van der Waals surface area contributed by atoms with Gasteiger partial charge in [0.15, 0.2) is 0 Å². The van der Waals surface area contributed by atoms with Gasteiger partial charge in [0.2, 0.25) is 5.91 Å². The molecule has 26 heavy (non-hydrogen) atoms. The van der Waals surface area contributed by atoms with Crippen LogP contribution in [-0.4, -0.2) is 43.0 Å². The van der Waals surface area contributed by atoms with Crippen LogP contribution in [0.1, 0.15) is 28.4 Å². The standard InChI is InChI=1S/C21H24N2O3/c1-14-5-6-15(2)19(13-14)23-12-11-22(16(3)20(23)24)21(25)17-7-9-18(26-4)10-8-17/h5-10,13,16H,11-12H2,1-4H3/t16-/m0/s1. The number of methoxy groups -OCH3 is 1. The summed E-state index contributed by atoms with van der Waals surface area (Å²) in [4.78, 5) is 29.2. The second kappa shape index (κ2) is 7.20. The van der Waals surface area contributed by atoms with Crippen molar-refractivity contribution in [2.75, 3.05) is 25.1 Å². The van der Waals surface area contributed by atoms with Crippen molar-refractivity contribution in [2.45, 2.75) is 26.8 Å². The molecule has 0 aliphatic carbocycles. The molecule has 1 saturated heterocycles. The molecule has 1 aliphatic heterocycles. The van der Waals surface area contributed by atoms with Gasteiger partial charge in [0.25, 0.3) is 5.91 Å². The van der Waals surface area contributed by atoms with Crippen LogP contribution in [0.15, 0.2) is 42.5 Å². The second-order valence-corrected chi connectivity index (χ2v) is 6.68. The third kappa shape index (κ3) is 3.29. The average molecular weight is 352 g/mol. The van der Waals surface area contributed by atoms with Gasteiger partial charge < -0.3 is 14.5 Å². The zero-order valence-electron chi connectivity index (χ0n) is 15.7. The molecule has 5 heteroatoms. The Labute approximate surface area is 154 Å². The maximum Gasteiger partial charge on any atom is 0.254 e. The molecule has 0 spiro atoms. The van der Waals surface area contributed by atoms with Crippen LogP contribution in [-0.2, 0) is 4.79 Å². The summed E-state index contributed by atoms with van der Waals surface area (Å²) in [5.74, 6) is 0.520. The molecule has 1 atom stereocenters. The van der Waals surface area contributed by atoms with Gasteiger partial charge in [-0.05, 0) is 62.2 Å². The predicted octanol–water partition coefficient (Wildman–Crippen LogP) is 3.19. The normalized spacial score (nSPS) is 17.4. The third-order valence-electron chi connectivity index (χ3n) is 4.91. The molecule has 1 aliphatic rings. The first-order valence-corrected chi connectivity index (χ1v) is 8.76. The lowest BCUT2D eigenvalue weighted by molar-refractivity contribution is -0.124. The Kier molecular flexibility index (Phi) is 4.98. The number of hydrogen-bond acceptors (Lipinski definition) is 3. The Hall–Kier alpha value is -2.82. The summed E-state index contributed by atoms with van der Waals surface area (Å²) in [7, 11) is 1.59. The van der Waals surface area contributed by atoms with E-state index in [0.717, 1.165) is 16.8 Å². The first kappa shape index (κ1) is 18.0. The highest BCUT2D eigenvalue weighted by Gasteiger charge is 2.35. The predicted molar refractivity (Wildman–Crippen MR) is 102 cm³/mol. The summed E-state index contributed by atoms with van der Waals surface area (Å²) >= 11 is 0. The molecule has 0 bridgehead atoms. The Balaban J connectivity index is 1.80. The van der Waals surface area contributed by atoms with Crippen molar-refractivity contribution in [2.24, 2.45) is 0 Å². The van der Waals surface area contributed by atoms with E-state index in [1.54, 1.807) is 48.1 Å². The fourth-order valence-electron chi connectivity index (χ4n) is 3.30. The molecular formula is C21H24N2O3.